The fourth-order valence-corrected chi connectivity index (χ4v) is 8.01. The zero-order valence-electron chi connectivity index (χ0n) is 32.5. The van der Waals surface area contributed by atoms with Crippen molar-refractivity contribution < 1.29 is 34.7 Å². The third kappa shape index (κ3) is 9.18. The van der Waals surface area contributed by atoms with Crippen LogP contribution in [0.3, 0.4) is 0 Å². The molecular formula is C47H52N2O7. The summed E-state index contributed by atoms with van der Waals surface area (Å²) in [5.74, 6) is -0.511. The minimum Gasteiger partial charge on any atom is -0.508 e. The van der Waals surface area contributed by atoms with E-state index in [4.69, 9.17) is 9.47 Å². The summed E-state index contributed by atoms with van der Waals surface area (Å²) >= 11 is 0. The van der Waals surface area contributed by atoms with Gasteiger partial charge in [-0.05, 0) is 125 Å². The van der Waals surface area contributed by atoms with Gasteiger partial charge in [-0.25, -0.2) is 0 Å². The lowest BCUT2D eigenvalue weighted by Gasteiger charge is -2.27. The number of ketones is 1. The standard InChI is InChI=1S/C47H52N2O7/c1-5-32-11-12-33-8-6-7-9-38(33)39(32)25-41-34(13-15-43(52)47(41)56-4)23-36(18-30-16-17-49-28-30)44(53)26-45(54)40(21-29-10-14-42(51)46(22-29)55-3)35-19-31(27-48-2)20-37(50)24-35/h6-17,19-20,22,24,28,36,40,44,48-53H,5,18,21,23,25-27H2,1-4H3. The van der Waals surface area contributed by atoms with Gasteiger partial charge in [0, 0.05) is 43.3 Å². The fraction of sp³-hybridized carbons (Fsp3) is 0.298. The maximum atomic E-state index is 14.6. The van der Waals surface area contributed by atoms with Crippen LogP contribution in [0.4, 0.5) is 0 Å². The number of aryl methyl sites for hydroxylation is 1. The molecule has 0 amide bonds. The molecule has 56 heavy (non-hydrogen) atoms. The number of carbonyl (C=O) groups is 1. The van der Waals surface area contributed by atoms with E-state index in [1.165, 1.54) is 18.7 Å². The van der Waals surface area contributed by atoms with Gasteiger partial charge in [0.2, 0.25) is 0 Å². The highest BCUT2D eigenvalue weighted by Gasteiger charge is 2.30. The molecule has 292 valence electrons. The smallest absolute Gasteiger partial charge is 0.164 e. The number of nitrogens with one attached hydrogen (secondary N) is 2. The van der Waals surface area contributed by atoms with Crippen molar-refractivity contribution in [2.24, 2.45) is 5.92 Å². The Kier molecular flexibility index (Phi) is 13.0. The zero-order chi connectivity index (χ0) is 39.8. The number of benzene rings is 5. The fourth-order valence-electron chi connectivity index (χ4n) is 8.01. The molecule has 0 saturated carbocycles. The molecule has 0 aliphatic carbocycles. The second kappa shape index (κ2) is 18.2. The van der Waals surface area contributed by atoms with Gasteiger partial charge in [-0.2, -0.15) is 0 Å². The number of hydrogen-bond acceptors (Lipinski definition) is 8. The van der Waals surface area contributed by atoms with Crippen LogP contribution >= 0.6 is 0 Å². The highest BCUT2D eigenvalue weighted by Crippen LogP contribution is 2.39. The predicted molar refractivity (Wildman–Crippen MR) is 220 cm³/mol. The third-order valence-electron chi connectivity index (χ3n) is 10.9. The molecule has 6 aromatic rings. The van der Waals surface area contributed by atoms with Crippen LogP contribution in [0.25, 0.3) is 10.8 Å². The zero-order valence-corrected chi connectivity index (χ0v) is 32.5. The molecule has 3 atom stereocenters. The molecule has 0 fully saturated rings. The van der Waals surface area contributed by atoms with Gasteiger partial charge in [0.1, 0.15) is 11.5 Å². The lowest BCUT2D eigenvalue weighted by atomic mass is 9.80. The number of carbonyl (C=O) groups excluding carboxylic acids is 1. The number of aromatic amines is 1. The number of rotatable bonds is 18. The maximum absolute atomic E-state index is 14.6. The van der Waals surface area contributed by atoms with E-state index in [0.717, 1.165) is 50.6 Å². The summed E-state index contributed by atoms with van der Waals surface area (Å²) in [6.45, 7) is 2.63. The van der Waals surface area contributed by atoms with Gasteiger partial charge in [-0.15, -0.1) is 0 Å². The van der Waals surface area contributed by atoms with E-state index in [9.17, 15) is 25.2 Å². The summed E-state index contributed by atoms with van der Waals surface area (Å²) in [5.41, 5.74) is 7.33. The Morgan fingerprint density at radius 1 is 0.786 bits per heavy atom. The lowest BCUT2D eigenvalue weighted by molar-refractivity contribution is -0.123. The number of aromatic hydroxyl groups is 3. The largest absolute Gasteiger partial charge is 0.508 e. The number of phenols is 3. The van der Waals surface area contributed by atoms with Crippen LogP contribution in [-0.4, -0.2) is 58.6 Å². The monoisotopic (exact) mass is 756 g/mol. The number of phenolic OH excluding ortho intramolecular Hbond substituents is 3. The highest BCUT2D eigenvalue weighted by molar-refractivity contribution is 5.88. The second-order valence-corrected chi connectivity index (χ2v) is 14.6. The summed E-state index contributed by atoms with van der Waals surface area (Å²) in [6.07, 6.45) is 5.08. The highest BCUT2D eigenvalue weighted by atomic mass is 16.5. The number of aliphatic hydroxyl groups is 1. The molecule has 9 heteroatoms. The molecule has 5 aromatic carbocycles. The maximum Gasteiger partial charge on any atom is 0.164 e. The van der Waals surface area contributed by atoms with Crippen LogP contribution in [0, 0.1) is 5.92 Å². The Balaban J connectivity index is 1.36. The average molecular weight is 757 g/mol. The number of hydrogen-bond donors (Lipinski definition) is 6. The van der Waals surface area contributed by atoms with Crippen molar-refractivity contribution in [1.29, 1.82) is 0 Å². The first-order chi connectivity index (χ1) is 27.1. The predicted octanol–water partition coefficient (Wildman–Crippen LogP) is 7.92. The molecule has 0 aliphatic heterocycles. The van der Waals surface area contributed by atoms with E-state index in [-0.39, 0.29) is 41.8 Å². The van der Waals surface area contributed by atoms with Gasteiger partial charge < -0.3 is 40.2 Å². The molecular weight excluding hydrogens is 705 g/mol. The Labute approximate surface area is 328 Å². The van der Waals surface area contributed by atoms with E-state index in [0.29, 0.717) is 42.9 Å². The minimum absolute atomic E-state index is 0.00703. The van der Waals surface area contributed by atoms with Crippen molar-refractivity contribution in [2.75, 3.05) is 21.3 Å². The summed E-state index contributed by atoms with van der Waals surface area (Å²) in [4.78, 5) is 17.7. The summed E-state index contributed by atoms with van der Waals surface area (Å²) in [5, 5.41) is 49.6. The van der Waals surface area contributed by atoms with Crippen molar-refractivity contribution in [3.05, 3.63) is 148 Å². The number of H-pyrrole nitrogens is 1. The Morgan fingerprint density at radius 3 is 2.30 bits per heavy atom. The quantitative estimate of drug-likeness (QED) is 0.0519. The van der Waals surface area contributed by atoms with Crippen LogP contribution in [0.1, 0.15) is 63.8 Å². The molecule has 1 aromatic heterocycles. The van der Waals surface area contributed by atoms with E-state index >= 15 is 0 Å². The Bertz CT molecular complexity index is 2270. The number of methoxy groups -OCH3 is 2. The Morgan fingerprint density at radius 2 is 1.57 bits per heavy atom. The number of Topliss-reactive ketones (excluding diaryl/α,β-unsaturated/α-hetero) is 1. The topological polar surface area (TPSA) is 144 Å². The molecule has 1 heterocycles. The summed E-state index contributed by atoms with van der Waals surface area (Å²) in [6, 6.07) is 28.3. The van der Waals surface area contributed by atoms with Crippen molar-refractivity contribution in [2.45, 2.75) is 64.0 Å². The first kappa shape index (κ1) is 39.9. The normalized spacial score (nSPS) is 13.0. The van der Waals surface area contributed by atoms with Crippen molar-refractivity contribution in [3.63, 3.8) is 0 Å². The number of ether oxygens (including phenoxy) is 2. The van der Waals surface area contributed by atoms with Gasteiger partial charge in [0.05, 0.1) is 20.3 Å². The lowest BCUT2D eigenvalue weighted by Crippen LogP contribution is -2.30. The van der Waals surface area contributed by atoms with Crippen LogP contribution in [0.5, 0.6) is 28.7 Å². The number of aliphatic hydroxyl groups excluding tert-OH is 1. The molecule has 0 aliphatic rings. The van der Waals surface area contributed by atoms with Crippen LogP contribution in [0.15, 0.2) is 103 Å². The molecule has 3 unspecified atom stereocenters. The Hall–Kier alpha value is -5.77. The molecule has 6 N–H and O–H groups in total. The molecule has 0 spiro atoms. The van der Waals surface area contributed by atoms with E-state index in [1.807, 2.05) is 49.8 Å². The van der Waals surface area contributed by atoms with Crippen LogP contribution in [0.2, 0.25) is 0 Å². The number of aromatic nitrogens is 1. The van der Waals surface area contributed by atoms with Gasteiger partial charge in [0.15, 0.2) is 23.0 Å². The average Bonchev–Trinajstić information content (AvgIpc) is 3.71. The SMILES string of the molecule is CCc1ccc2ccccc2c1Cc1c(CC(Cc2cc[nH]c2)C(O)CC(=O)C(Cc2ccc(O)c(OC)c2)c2cc(O)cc(CNC)c2)ccc(O)c1OC. The molecule has 6 rings (SSSR count). The van der Waals surface area contributed by atoms with Gasteiger partial charge >= 0.3 is 0 Å². The number of fused-ring (bicyclic) bond motifs is 1. The van der Waals surface area contributed by atoms with E-state index in [2.05, 4.69) is 41.5 Å². The van der Waals surface area contributed by atoms with E-state index in [1.54, 1.807) is 37.4 Å². The molecule has 9 nitrogen and oxygen atoms in total. The first-order valence-electron chi connectivity index (χ1n) is 19.1. The van der Waals surface area contributed by atoms with Crippen molar-refractivity contribution in [3.8, 4) is 28.7 Å². The molecule has 0 bridgehead atoms. The van der Waals surface area contributed by atoms with Crippen LogP contribution in [-0.2, 0) is 43.4 Å². The first-order valence-corrected chi connectivity index (χ1v) is 19.1. The minimum atomic E-state index is -1.04. The van der Waals surface area contributed by atoms with Crippen LogP contribution < -0.4 is 14.8 Å². The summed E-state index contributed by atoms with van der Waals surface area (Å²) in [7, 11) is 4.85. The van der Waals surface area contributed by atoms with Crippen molar-refractivity contribution >= 4 is 16.6 Å². The van der Waals surface area contributed by atoms with E-state index < -0.39 is 12.0 Å². The van der Waals surface area contributed by atoms with Gasteiger partial charge in [-0.1, -0.05) is 61.5 Å². The van der Waals surface area contributed by atoms with Gasteiger partial charge in [-0.3, -0.25) is 4.79 Å². The molecule has 0 saturated heterocycles. The summed E-state index contributed by atoms with van der Waals surface area (Å²) < 4.78 is 11.2. The van der Waals surface area contributed by atoms with Gasteiger partial charge in [0.25, 0.3) is 0 Å². The third-order valence-corrected chi connectivity index (χ3v) is 10.9. The second-order valence-electron chi connectivity index (χ2n) is 14.6. The molecule has 0 radical (unpaired) electrons. The van der Waals surface area contributed by atoms with Crippen molar-refractivity contribution in [1.82, 2.24) is 10.3 Å².